The van der Waals surface area contributed by atoms with E-state index in [1.807, 2.05) is 10.6 Å². The first kappa shape index (κ1) is 17.0. The Hall–Kier alpha value is -1.09. The van der Waals surface area contributed by atoms with E-state index in [9.17, 15) is 4.79 Å². The lowest BCUT2D eigenvalue weighted by atomic mass is 9.90. The number of rotatable bonds is 5. The topological polar surface area (TPSA) is 34.0 Å². The maximum absolute atomic E-state index is 12.7. The van der Waals surface area contributed by atoms with Gasteiger partial charge in [-0.1, -0.05) is 54.5 Å². The van der Waals surface area contributed by atoms with E-state index in [0.717, 1.165) is 17.8 Å². The molecule has 1 aromatic rings. The molecule has 114 valence electrons. The smallest absolute Gasteiger partial charge is 0.255 e. The molecule has 1 heterocycles. The second kappa shape index (κ2) is 6.57. The van der Waals surface area contributed by atoms with Crippen LogP contribution in [0.3, 0.4) is 0 Å². The lowest BCUT2D eigenvalue weighted by molar-refractivity contribution is 0.443. The fourth-order valence-corrected chi connectivity index (χ4v) is 2.27. The molecule has 0 saturated carbocycles. The minimum atomic E-state index is -0.0158. The van der Waals surface area contributed by atoms with Crippen LogP contribution in [0, 0.1) is 5.92 Å². The van der Waals surface area contributed by atoms with Crippen LogP contribution >= 0.6 is 0 Å². The van der Waals surface area contributed by atoms with Crippen LogP contribution < -0.4 is 10.9 Å². The van der Waals surface area contributed by atoms with E-state index in [0.29, 0.717) is 18.5 Å². The highest BCUT2D eigenvalue weighted by molar-refractivity contribution is 5.21. The first-order chi connectivity index (χ1) is 9.12. The number of nitrogens with one attached hydrogen (secondary N) is 1. The molecule has 3 heteroatoms. The summed E-state index contributed by atoms with van der Waals surface area (Å²) >= 11 is 0. The average Bonchev–Trinajstić information content (AvgIpc) is 2.27. The van der Waals surface area contributed by atoms with Crippen LogP contribution in [0.4, 0.5) is 0 Å². The molecule has 0 saturated heterocycles. The Morgan fingerprint density at radius 1 is 1.15 bits per heavy atom. The minimum absolute atomic E-state index is 0.0158. The van der Waals surface area contributed by atoms with Gasteiger partial charge >= 0.3 is 0 Å². The summed E-state index contributed by atoms with van der Waals surface area (Å²) in [6.45, 7) is 16.4. The molecule has 0 aliphatic carbocycles. The van der Waals surface area contributed by atoms with Gasteiger partial charge < -0.3 is 9.88 Å². The van der Waals surface area contributed by atoms with Crippen molar-refractivity contribution in [2.45, 2.75) is 73.0 Å². The van der Waals surface area contributed by atoms with Crippen molar-refractivity contribution in [2.75, 3.05) is 0 Å². The van der Waals surface area contributed by atoms with Crippen molar-refractivity contribution < 1.29 is 0 Å². The van der Waals surface area contributed by atoms with Crippen LogP contribution in [0.1, 0.15) is 59.7 Å². The Balaban J connectivity index is 3.24. The Labute approximate surface area is 123 Å². The van der Waals surface area contributed by atoms with Crippen LogP contribution in [0.15, 0.2) is 16.9 Å². The average molecular weight is 278 g/mol. The van der Waals surface area contributed by atoms with Gasteiger partial charge in [0.15, 0.2) is 0 Å². The van der Waals surface area contributed by atoms with Crippen molar-refractivity contribution in [2.24, 2.45) is 5.92 Å². The van der Waals surface area contributed by atoms with E-state index in [1.165, 1.54) is 0 Å². The second-order valence-corrected chi connectivity index (χ2v) is 7.34. The molecule has 0 fully saturated rings. The van der Waals surface area contributed by atoms with Crippen molar-refractivity contribution >= 4 is 0 Å². The largest absolute Gasteiger partial charge is 0.312 e. The van der Waals surface area contributed by atoms with Gasteiger partial charge in [-0.15, -0.1) is 0 Å². The molecule has 0 unspecified atom stereocenters. The first-order valence-corrected chi connectivity index (χ1v) is 7.59. The quantitative estimate of drug-likeness (QED) is 0.896. The van der Waals surface area contributed by atoms with Gasteiger partial charge in [-0.3, -0.25) is 4.79 Å². The Bertz CT molecular complexity index is 493. The fraction of sp³-hybridized carbons (Fsp3) is 0.706. The molecule has 0 amide bonds. The van der Waals surface area contributed by atoms with Crippen LogP contribution in [0.2, 0.25) is 0 Å². The third-order valence-electron chi connectivity index (χ3n) is 3.27. The summed E-state index contributed by atoms with van der Waals surface area (Å²) in [5.74, 6) is 0.460. The van der Waals surface area contributed by atoms with Crippen LogP contribution in [0.25, 0.3) is 0 Å². The van der Waals surface area contributed by atoms with Gasteiger partial charge in [0, 0.05) is 35.8 Å². The molecule has 3 nitrogen and oxygen atoms in total. The summed E-state index contributed by atoms with van der Waals surface area (Å²) in [7, 11) is 0. The van der Waals surface area contributed by atoms with E-state index in [1.54, 1.807) is 0 Å². The Morgan fingerprint density at radius 3 is 2.20 bits per heavy atom. The summed E-state index contributed by atoms with van der Waals surface area (Å²) < 4.78 is 1.96. The maximum Gasteiger partial charge on any atom is 0.255 e. The SMILES string of the molecule is CC(C)Cn1c(C(C)(C)C)ccc(CNC(C)C)c1=O. The number of pyridine rings is 1. The molecular formula is C17H30N2O. The molecule has 1 N–H and O–H groups in total. The summed E-state index contributed by atoms with van der Waals surface area (Å²) in [5.41, 5.74) is 2.11. The van der Waals surface area contributed by atoms with Gasteiger partial charge in [-0.2, -0.15) is 0 Å². The Morgan fingerprint density at radius 2 is 1.75 bits per heavy atom. The normalized spacial score (nSPS) is 12.4. The molecule has 1 aromatic heterocycles. The monoisotopic (exact) mass is 278 g/mol. The third kappa shape index (κ3) is 4.48. The first-order valence-electron chi connectivity index (χ1n) is 7.59. The summed E-state index contributed by atoms with van der Waals surface area (Å²) in [6, 6.07) is 4.48. The molecule has 0 radical (unpaired) electrons. The second-order valence-electron chi connectivity index (χ2n) is 7.34. The molecular weight excluding hydrogens is 248 g/mol. The van der Waals surface area contributed by atoms with Crippen molar-refractivity contribution in [3.8, 4) is 0 Å². The number of hydrogen-bond donors (Lipinski definition) is 1. The van der Waals surface area contributed by atoms with Crippen LogP contribution in [-0.4, -0.2) is 10.6 Å². The van der Waals surface area contributed by atoms with Crippen molar-refractivity contribution in [1.29, 1.82) is 0 Å². The maximum atomic E-state index is 12.7. The minimum Gasteiger partial charge on any atom is -0.312 e. The molecule has 0 aliphatic rings. The number of nitrogens with zero attached hydrogens (tertiary/aromatic N) is 1. The van der Waals surface area contributed by atoms with E-state index in [4.69, 9.17) is 0 Å². The lowest BCUT2D eigenvalue weighted by Crippen LogP contribution is -2.35. The standard InChI is InChI=1S/C17H30N2O/c1-12(2)11-19-15(17(5,6)7)9-8-14(16(19)20)10-18-13(3)4/h8-9,12-13,18H,10-11H2,1-7H3. The van der Waals surface area contributed by atoms with Gasteiger partial charge in [-0.25, -0.2) is 0 Å². The van der Waals surface area contributed by atoms with Gasteiger partial charge in [0.25, 0.3) is 5.56 Å². The summed E-state index contributed by atoms with van der Waals surface area (Å²) in [4.78, 5) is 12.7. The highest BCUT2D eigenvalue weighted by Crippen LogP contribution is 2.22. The van der Waals surface area contributed by atoms with Gasteiger partial charge in [0.1, 0.15) is 0 Å². The van der Waals surface area contributed by atoms with Gasteiger partial charge in [0.05, 0.1) is 0 Å². The number of aromatic nitrogens is 1. The zero-order chi connectivity index (χ0) is 15.5. The lowest BCUT2D eigenvalue weighted by Gasteiger charge is -2.26. The third-order valence-corrected chi connectivity index (χ3v) is 3.27. The molecule has 0 bridgehead atoms. The highest BCUT2D eigenvalue weighted by Gasteiger charge is 2.20. The van der Waals surface area contributed by atoms with E-state index in [-0.39, 0.29) is 11.0 Å². The van der Waals surface area contributed by atoms with E-state index in [2.05, 4.69) is 59.8 Å². The van der Waals surface area contributed by atoms with Crippen molar-refractivity contribution in [3.05, 3.63) is 33.7 Å². The van der Waals surface area contributed by atoms with Gasteiger partial charge in [-0.05, 0) is 12.0 Å². The molecule has 0 spiro atoms. The van der Waals surface area contributed by atoms with Crippen molar-refractivity contribution in [1.82, 2.24) is 9.88 Å². The molecule has 0 aliphatic heterocycles. The molecule has 0 aromatic carbocycles. The van der Waals surface area contributed by atoms with E-state index < -0.39 is 0 Å². The fourth-order valence-electron chi connectivity index (χ4n) is 2.27. The zero-order valence-electron chi connectivity index (χ0n) is 14.1. The van der Waals surface area contributed by atoms with E-state index >= 15 is 0 Å². The predicted octanol–water partition coefficient (Wildman–Crippen LogP) is 3.30. The van der Waals surface area contributed by atoms with Crippen LogP contribution in [0.5, 0.6) is 0 Å². The van der Waals surface area contributed by atoms with Crippen LogP contribution in [-0.2, 0) is 18.5 Å². The highest BCUT2D eigenvalue weighted by atomic mass is 16.1. The molecule has 0 atom stereocenters. The molecule has 1 rings (SSSR count). The Kier molecular flexibility index (Phi) is 5.58. The predicted molar refractivity (Wildman–Crippen MR) is 86.2 cm³/mol. The molecule has 20 heavy (non-hydrogen) atoms. The van der Waals surface area contributed by atoms with Gasteiger partial charge in [0.2, 0.25) is 0 Å². The summed E-state index contributed by atoms with van der Waals surface area (Å²) in [5, 5.41) is 3.33. The summed E-state index contributed by atoms with van der Waals surface area (Å²) in [6.07, 6.45) is 0. The van der Waals surface area contributed by atoms with Crippen molar-refractivity contribution in [3.63, 3.8) is 0 Å². The number of hydrogen-bond acceptors (Lipinski definition) is 2. The zero-order valence-corrected chi connectivity index (χ0v) is 14.1.